The van der Waals surface area contributed by atoms with E-state index in [-0.39, 0.29) is 11.7 Å². The molecule has 0 radical (unpaired) electrons. The molecule has 2 aromatic heterocycles. The van der Waals surface area contributed by atoms with Crippen molar-refractivity contribution in [2.45, 2.75) is 18.9 Å². The lowest BCUT2D eigenvalue weighted by Crippen LogP contribution is -2.29. The topological polar surface area (TPSA) is 83.5 Å². The normalized spacial score (nSPS) is 16.1. The minimum absolute atomic E-state index is 0.187. The van der Waals surface area contributed by atoms with Crippen molar-refractivity contribution in [3.63, 3.8) is 0 Å². The monoisotopic (exact) mass is 270 g/mol. The third-order valence-corrected chi connectivity index (χ3v) is 2.84. The molecule has 1 aliphatic carbocycles. The van der Waals surface area contributed by atoms with Crippen LogP contribution < -0.4 is 11.2 Å². The first-order valence-corrected chi connectivity index (χ1v) is 5.36. The molecule has 0 aromatic carbocycles. The summed E-state index contributed by atoms with van der Waals surface area (Å²) in [6.07, 6.45) is 1.93. The number of hydrogen-bond acceptors (Lipinski definition) is 3. The smallest absolute Gasteiger partial charge is 0.327 e. The van der Waals surface area contributed by atoms with Crippen molar-refractivity contribution in [1.29, 1.82) is 0 Å². The Morgan fingerprint density at radius 3 is 2.73 bits per heavy atom. The molecule has 0 spiro atoms. The van der Waals surface area contributed by atoms with Crippen LogP contribution in [0.3, 0.4) is 0 Å². The minimum atomic E-state index is -0.426. The average molecular weight is 271 g/mol. The van der Waals surface area contributed by atoms with E-state index in [4.69, 9.17) is 0 Å². The highest BCUT2D eigenvalue weighted by Gasteiger charge is 2.28. The summed E-state index contributed by atoms with van der Waals surface area (Å²) in [5.74, 6) is 0. The zero-order valence-corrected chi connectivity index (χ0v) is 9.17. The number of rotatable bonds is 1. The molecule has 2 heterocycles. The zero-order chi connectivity index (χ0) is 10.6. The number of H-pyrrole nitrogens is 2. The third-order valence-electron chi connectivity index (χ3n) is 2.46. The van der Waals surface area contributed by atoms with Gasteiger partial charge in [0.05, 0.1) is 0 Å². The highest BCUT2D eigenvalue weighted by molar-refractivity contribution is 9.10. The Balaban J connectivity index is 2.51. The van der Waals surface area contributed by atoms with E-state index in [9.17, 15) is 9.59 Å². The quantitative estimate of drug-likeness (QED) is 0.741. The van der Waals surface area contributed by atoms with Gasteiger partial charge in [0, 0.05) is 6.04 Å². The van der Waals surface area contributed by atoms with Gasteiger partial charge in [-0.3, -0.25) is 14.3 Å². The number of aromatic nitrogens is 4. The van der Waals surface area contributed by atoms with Gasteiger partial charge in [-0.05, 0) is 28.8 Å². The Morgan fingerprint density at radius 1 is 1.33 bits per heavy atom. The van der Waals surface area contributed by atoms with Gasteiger partial charge in [0.25, 0.3) is 5.56 Å². The summed E-state index contributed by atoms with van der Waals surface area (Å²) in [7, 11) is 0. The van der Waals surface area contributed by atoms with Crippen molar-refractivity contribution in [2.24, 2.45) is 0 Å². The second-order valence-electron chi connectivity index (χ2n) is 3.59. The van der Waals surface area contributed by atoms with Crippen LogP contribution in [0.4, 0.5) is 0 Å². The SMILES string of the molecule is O=c1[nH]c(=O)n(C2CC2)c2nc(Br)[nH]c12. The van der Waals surface area contributed by atoms with Gasteiger partial charge in [-0.25, -0.2) is 9.78 Å². The average Bonchev–Trinajstić information content (AvgIpc) is 2.89. The molecule has 2 N–H and O–H groups in total. The van der Waals surface area contributed by atoms with Gasteiger partial charge in [-0.1, -0.05) is 0 Å². The number of hydrogen-bond donors (Lipinski definition) is 2. The van der Waals surface area contributed by atoms with Crippen LogP contribution in [0.25, 0.3) is 11.2 Å². The van der Waals surface area contributed by atoms with E-state index in [2.05, 4.69) is 30.9 Å². The summed E-state index contributed by atoms with van der Waals surface area (Å²) < 4.78 is 2.00. The molecule has 3 rings (SSSR count). The van der Waals surface area contributed by atoms with E-state index < -0.39 is 5.56 Å². The fourth-order valence-electron chi connectivity index (χ4n) is 1.66. The highest BCUT2D eigenvalue weighted by atomic mass is 79.9. The van der Waals surface area contributed by atoms with Crippen LogP contribution in [0.1, 0.15) is 18.9 Å². The Morgan fingerprint density at radius 2 is 2.07 bits per heavy atom. The Kier molecular flexibility index (Phi) is 1.67. The van der Waals surface area contributed by atoms with Crippen LogP contribution >= 0.6 is 15.9 Å². The number of imidazole rings is 1. The molecule has 1 fully saturated rings. The summed E-state index contributed by atoms with van der Waals surface area (Å²) in [5.41, 5.74) is -0.0365. The van der Waals surface area contributed by atoms with Crippen LogP contribution in [0.5, 0.6) is 0 Å². The van der Waals surface area contributed by atoms with E-state index in [1.165, 1.54) is 4.57 Å². The molecule has 0 amide bonds. The van der Waals surface area contributed by atoms with Gasteiger partial charge >= 0.3 is 5.69 Å². The van der Waals surface area contributed by atoms with E-state index >= 15 is 0 Å². The van der Waals surface area contributed by atoms with Crippen LogP contribution in [-0.4, -0.2) is 19.5 Å². The molecule has 7 heteroatoms. The van der Waals surface area contributed by atoms with Crippen molar-refractivity contribution < 1.29 is 0 Å². The van der Waals surface area contributed by atoms with Gasteiger partial charge in [0.15, 0.2) is 15.9 Å². The third kappa shape index (κ3) is 1.26. The molecule has 1 aliphatic rings. The molecule has 78 valence electrons. The van der Waals surface area contributed by atoms with Crippen molar-refractivity contribution in [3.8, 4) is 0 Å². The maximum atomic E-state index is 11.6. The highest BCUT2D eigenvalue weighted by Crippen LogP contribution is 2.34. The summed E-state index contributed by atoms with van der Waals surface area (Å²) in [6.45, 7) is 0. The Hall–Kier alpha value is -1.37. The molecular formula is C8H7BrN4O2. The molecule has 1 saturated carbocycles. The van der Waals surface area contributed by atoms with Crippen molar-refractivity contribution >= 4 is 27.1 Å². The predicted octanol–water partition coefficient (Wildman–Crippen LogP) is 0.510. The van der Waals surface area contributed by atoms with E-state index in [0.717, 1.165) is 12.8 Å². The van der Waals surface area contributed by atoms with E-state index in [1.54, 1.807) is 0 Å². The van der Waals surface area contributed by atoms with Gasteiger partial charge in [0.2, 0.25) is 0 Å². The second-order valence-corrected chi connectivity index (χ2v) is 4.34. The fraction of sp³-hybridized carbons (Fsp3) is 0.375. The van der Waals surface area contributed by atoms with Crippen LogP contribution in [0.2, 0.25) is 0 Å². The zero-order valence-electron chi connectivity index (χ0n) is 7.58. The number of halogens is 1. The van der Waals surface area contributed by atoms with Gasteiger partial charge in [-0.15, -0.1) is 0 Å². The Labute approximate surface area is 91.5 Å². The van der Waals surface area contributed by atoms with E-state index in [0.29, 0.717) is 15.9 Å². The minimum Gasteiger partial charge on any atom is -0.327 e. The molecule has 0 unspecified atom stereocenters. The molecule has 0 aliphatic heterocycles. The standard InChI is InChI=1S/C8H7BrN4O2/c9-7-10-4-5(11-7)13(3-1-2-3)8(15)12-6(4)14/h3H,1-2H2,(H,10,11)(H,12,14,15). The lowest BCUT2D eigenvalue weighted by molar-refractivity contribution is 0.701. The molecule has 6 nitrogen and oxygen atoms in total. The van der Waals surface area contributed by atoms with Gasteiger partial charge < -0.3 is 4.98 Å². The number of nitrogens with one attached hydrogen (secondary N) is 2. The summed E-state index contributed by atoms with van der Waals surface area (Å²) >= 11 is 3.15. The van der Waals surface area contributed by atoms with Crippen molar-refractivity contribution in [2.75, 3.05) is 0 Å². The number of aromatic amines is 2. The van der Waals surface area contributed by atoms with Gasteiger partial charge in [-0.2, -0.15) is 0 Å². The number of fused-ring (bicyclic) bond motifs is 1. The van der Waals surface area contributed by atoms with Crippen LogP contribution in [0, 0.1) is 0 Å². The summed E-state index contributed by atoms with van der Waals surface area (Å²) in [4.78, 5) is 32.2. The molecular weight excluding hydrogens is 264 g/mol. The maximum absolute atomic E-state index is 11.6. The van der Waals surface area contributed by atoms with Gasteiger partial charge in [0.1, 0.15) is 0 Å². The summed E-state index contributed by atoms with van der Waals surface area (Å²) in [5, 5.41) is 0. The number of nitrogens with zero attached hydrogens (tertiary/aromatic N) is 2. The lowest BCUT2D eigenvalue weighted by Gasteiger charge is -2.01. The predicted molar refractivity (Wildman–Crippen MR) is 56.9 cm³/mol. The molecule has 0 saturated heterocycles. The summed E-state index contributed by atoms with van der Waals surface area (Å²) in [6, 6.07) is 0.187. The first-order valence-electron chi connectivity index (χ1n) is 4.57. The second kappa shape index (κ2) is 2.82. The Bertz CT molecular complexity index is 649. The fourth-order valence-corrected chi connectivity index (χ4v) is 2.02. The van der Waals surface area contributed by atoms with Crippen LogP contribution in [-0.2, 0) is 0 Å². The van der Waals surface area contributed by atoms with Crippen molar-refractivity contribution in [1.82, 2.24) is 19.5 Å². The maximum Gasteiger partial charge on any atom is 0.330 e. The first kappa shape index (κ1) is 8.90. The molecule has 0 atom stereocenters. The van der Waals surface area contributed by atoms with Crippen LogP contribution in [0.15, 0.2) is 14.3 Å². The largest absolute Gasteiger partial charge is 0.330 e. The van der Waals surface area contributed by atoms with E-state index in [1.807, 2.05) is 0 Å². The first-order chi connectivity index (χ1) is 7.16. The molecule has 2 aromatic rings. The lowest BCUT2D eigenvalue weighted by atomic mass is 10.5. The molecule has 0 bridgehead atoms. The van der Waals surface area contributed by atoms with Crippen molar-refractivity contribution in [3.05, 3.63) is 25.6 Å². The molecule has 15 heavy (non-hydrogen) atoms.